The summed E-state index contributed by atoms with van der Waals surface area (Å²) in [5.74, 6) is -0.387. The molecule has 102 valence electrons. The molecule has 0 spiro atoms. The van der Waals surface area contributed by atoms with E-state index < -0.39 is 11.3 Å². The summed E-state index contributed by atoms with van der Waals surface area (Å²) in [5, 5.41) is 2.44. The summed E-state index contributed by atoms with van der Waals surface area (Å²) in [6.45, 7) is 0. The molecule has 0 bridgehead atoms. The monoisotopic (exact) mass is 269 g/mol. The largest absolute Gasteiger partial charge is 0.497 e. The Morgan fingerprint density at radius 2 is 2.00 bits per heavy atom. The molecule has 1 aliphatic heterocycles. The van der Waals surface area contributed by atoms with Crippen molar-refractivity contribution >= 4 is 11.8 Å². The van der Waals surface area contributed by atoms with Gasteiger partial charge in [0, 0.05) is 0 Å². The van der Waals surface area contributed by atoms with Crippen LogP contribution in [0.4, 0.5) is 0 Å². The summed E-state index contributed by atoms with van der Waals surface area (Å²) in [6.07, 6.45) is 5.78. The third-order valence-corrected chi connectivity index (χ3v) is 3.95. The van der Waals surface area contributed by atoms with Crippen LogP contribution in [0.2, 0.25) is 0 Å². The number of hydrogen-bond acceptors (Lipinski definition) is 3. The van der Waals surface area contributed by atoms with Crippen molar-refractivity contribution in [3.63, 3.8) is 0 Å². The topological polar surface area (TPSA) is 55.4 Å². The molecule has 1 aliphatic carbocycles. The molecule has 4 heteroatoms. The molecule has 2 amide bonds. The number of methoxy groups -OCH3 is 1. The highest BCUT2D eigenvalue weighted by Crippen LogP contribution is 2.42. The van der Waals surface area contributed by atoms with Gasteiger partial charge in [-0.15, -0.1) is 0 Å². The quantitative estimate of drug-likeness (QED) is 0.848. The molecule has 20 heavy (non-hydrogen) atoms. The van der Waals surface area contributed by atoms with Gasteiger partial charge < -0.3 is 4.74 Å². The predicted octanol–water partition coefficient (Wildman–Crippen LogP) is 1.59. The highest BCUT2D eigenvalue weighted by atomic mass is 16.5. The Balaban J connectivity index is 2.01. The van der Waals surface area contributed by atoms with Crippen LogP contribution >= 0.6 is 0 Å². The second kappa shape index (κ2) is 4.63. The van der Waals surface area contributed by atoms with Gasteiger partial charge in [0.25, 0.3) is 0 Å². The van der Waals surface area contributed by atoms with E-state index in [1.165, 1.54) is 0 Å². The molecule has 1 saturated heterocycles. The van der Waals surface area contributed by atoms with E-state index in [4.69, 9.17) is 4.74 Å². The standard InChI is InChI=1S/C16H15NO3/c1-20-12-7-8-16(10-11-5-3-2-4-6-11)13(9-12)14(18)17-15(16)19/h2-9,13H,10H2,1H3,(H,17,18,19)/t13-,16+/m0/s1. The number of benzene rings is 1. The minimum Gasteiger partial charge on any atom is -0.497 e. The molecule has 0 radical (unpaired) electrons. The molecule has 1 N–H and O–H groups in total. The first-order chi connectivity index (χ1) is 9.65. The first-order valence-electron chi connectivity index (χ1n) is 6.50. The number of allylic oxidation sites excluding steroid dienone is 1. The van der Waals surface area contributed by atoms with Crippen molar-refractivity contribution < 1.29 is 14.3 Å². The Hall–Kier alpha value is -2.36. The van der Waals surface area contributed by atoms with Crippen LogP contribution in [-0.4, -0.2) is 18.9 Å². The molecule has 1 aromatic rings. The number of hydrogen-bond donors (Lipinski definition) is 1. The van der Waals surface area contributed by atoms with Crippen molar-refractivity contribution in [1.82, 2.24) is 5.32 Å². The molecule has 1 fully saturated rings. The molecular formula is C16H15NO3. The van der Waals surface area contributed by atoms with Gasteiger partial charge in [-0.25, -0.2) is 0 Å². The van der Waals surface area contributed by atoms with E-state index in [2.05, 4.69) is 5.32 Å². The zero-order chi connectivity index (χ0) is 14.2. The van der Waals surface area contributed by atoms with Crippen LogP contribution in [0.1, 0.15) is 5.56 Å². The maximum Gasteiger partial charge on any atom is 0.238 e. The average molecular weight is 269 g/mol. The third-order valence-electron chi connectivity index (χ3n) is 3.95. The van der Waals surface area contributed by atoms with Gasteiger partial charge in [-0.3, -0.25) is 14.9 Å². The molecule has 0 aromatic heterocycles. The molecule has 0 saturated carbocycles. The van der Waals surface area contributed by atoms with Gasteiger partial charge in [0.05, 0.1) is 18.4 Å². The van der Waals surface area contributed by atoms with E-state index in [0.717, 1.165) is 5.56 Å². The number of ether oxygens (including phenoxy) is 1. The number of rotatable bonds is 3. The van der Waals surface area contributed by atoms with Gasteiger partial charge in [0.1, 0.15) is 5.76 Å². The van der Waals surface area contributed by atoms with Crippen LogP contribution in [-0.2, 0) is 20.7 Å². The second-order valence-electron chi connectivity index (χ2n) is 5.11. The van der Waals surface area contributed by atoms with Crippen molar-refractivity contribution in [2.24, 2.45) is 11.3 Å². The van der Waals surface area contributed by atoms with Crippen LogP contribution in [0.25, 0.3) is 0 Å². The van der Waals surface area contributed by atoms with Gasteiger partial charge >= 0.3 is 0 Å². The van der Waals surface area contributed by atoms with Crippen molar-refractivity contribution in [2.45, 2.75) is 6.42 Å². The van der Waals surface area contributed by atoms with E-state index in [1.54, 1.807) is 25.3 Å². The van der Waals surface area contributed by atoms with Crippen LogP contribution in [0.5, 0.6) is 0 Å². The van der Waals surface area contributed by atoms with E-state index in [9.17, 15) is 9.59 Å². The van der Waals surface area contributed by atoms with Crippen molar-refractivity contribution in [1.29, 1.82) is 0 Å². The Morgan fingerprint density at radius 3 is 2.70 bits per heavy atom. The maximum atomic E-state index is 12.3. The zero-order valence-corrected chi connectivity index (χ0v) is 11.1. The SMILES string of the molecule is COC1=C[C@H]2C(=O)NC(=O)[C@@]2(Cc2ccccc2)C=C1. The Kier molecular flexibility index (Phi) is 2.93. The molecule has 3 rings (SSSR count). The average Bonchev–Trinajstić information content (AvgIpc) is 2.71. The first-order valence-corrected chi connectivity index (χ1v) is 6.50. The van der Waals surface area contributed by atoms with Crippen molar-refractivity contribution in [3.05, 3.63) is 59.9 Å². The molecule has 0 unspecified atom stereocenters. The lowest BCUT2D eigenvalue weighted by Gasteiger charge is -2.29. The number of imide groups is 1. The van der Waals surface area contributed by atoms with Crippen molar-refractivity contribution in [2.75, 3.05) is 7.11 Å². The normalized spacial score (nSPS) is 27.9. The number of fused-ring (bicyclic) bond motifs is 1. The zero-order valence-electron chi connectivity index (χ0n) is 11.1. The second-order valence-corrected chi connectivity index (χ2v) is 5.11. The van der Waals surface area contributed by atoms with E-state index in [0.29, 0.717) is 12.2 Å². The van der Waals surface area contributed by atoms with Gasteiger partial charge in [0.2, 0.25) is 11.8 Å². The summed E-state index contributed by atoms with van der Waals surface area (Å²) in [5.41, 5.74) is 0.196. The highest BCUT2D eigenvalue weighted by molar-refractivity contribution is 6.09. The van der Waals surface area contributed by atoms with Gasteiger partial charge in [0.15, 0.2) is 0 Å². The minimum absolute atomic E-state index is 0.237. The Morgan fingerprint density at radius 1 is 1.25 bits per heavy atom. The van der Waals surface area contributed by atoms with Gasteiger partial charge in [-0.2, -0.15) is 0 Å². The number of amides is 2. The van der Waals surface area contributed by atoms with Gasteiger partial charge in [-0.05, 0) is 24.1 Å². The molecule has 2 aliphatic rings. The van der Waals surface area contributed by atoms with Crippen molar-refractivity contribution in [3.8, 4) is 0 Å². The lowest BCUT2D eigenvalue weighted by molar-refractivity contribution is -0.127. The molecule has 2 atom stereocenters. The summed E-state index contributed by atoms with van der Waals surface area (Å²) in [4.78, 5) is 24.3. The minimum atomic E-state index is -0.833. The third kappa shape index (κ3) is 1.84. The first kappa shape index (κ1) is 12.7. The summed E-state index contributed by atoms with van der Waals surface area (Å²) in [7, 11) is 1.55. The van der Waals surface area contributed by atoms with Crippen LogP contribution in [0.3, 0.4) is 0 Å². The van der Waals surface area contributed by atoms with E-state index in [1.807, 2.05) is 30.3 Å². The lowest BCUT2D eigenvalue weighted by atomic mass is 9.70. The molecule has 4 nitrogen and oxygen atoms in total. The number of carbonyl (C=O) groups is 2. The molecular weight excluding hydrogens is 254 g/mol. The summed E-state index contributed by atoms with van der Waals surface area (Å²) < 4.78 is 5.16. The number of nitrogens with one attached hydrogen (secondary N) is 1. The fourth-order valence-electron chi connectivity index (χ4n) is 2.85. The van der Waals surface area contributed by atoms with E-state index in [-0.39, 0.29) is 11.8 Å². The Bertz CT molecular complexity index is 618. The maximum absolute atomic E-state index is 12.3. The molecule has 1 aromatic carbocycles. The summed E-state index contributed by atoms with van der Waals surface area (Å²) in [6, 6.07) is 9.71. The molecule has 1 heterocycles. The van der Waals surface area contributed by atoms with Crippen LogP contribution in [0.15, 0.2) is 54.3 Å². The fourth-order valence-corrected chi connectivity index (χ4v) is 2.85. The smallest absolute Gasteiger partial charge is 0.238 e. The van der Waals surface area contributed by atoms with Crippen LogP contribution in [0, 0.1) is 11.3 Å². The lowest BCUT2D eigenvalue weighted by Crippen LogP contribution is -2.36. The van der Waals surface area contributed by atoms with Crippen LogP contribution < -0.4 is 5.32 Å². The van der Waals surface area contributed by atoms with Gasteiger partial charge in [-0.1, -0.05) is 36.4 Å². The summed E-state index contributed by atoms with van der Waals surface area (Å²) >= 11 is 0. The highest BCUT2D eigenvalue weighted by Gasteiger charge is 2.53. The fraction of sp³-hybridized carbons (Fsp3) is 0.250. The number of carbonyl (C=O) groups excluding carboxylic acids is 2. The van der Waals surface area contributed by atoms with E-state index >= 15 is 0 Å². The Labute approximate surface area is 117 Å². The predicted molar refractivity (Wildman–Crippen MR) is 73.5 cm³/mol.